The molecule has 17 heteroatoms. The number of aromatic nitrogens is 3. The van der Waals surface area contributed by atoms with E-state index < -0.39 is 59.5 Å². The molecule has 262 valence electrons. The molecule has 1 fully saturated rings. The molecule has 1 amide bonds. The second-order valence-corrected chi connectivity index (χ2v) is 12.8. The van der Waals surface area contributed by atoms with Crippen molar-refractivity contribution in [2.24, 2.45) is 0 Å². The van der Waals surface area contributed by atoms with Crippen molar-refractivity contribution in [2.75, 3.05) is 25.1 Å². The number of halogens is 7. The number of nitrogens with one attached hydrogen (secondary N) is 1. The number of aliphatic hydroxyl groups is 1. The lowest BCUT2D eigenvalue weighted by Crippen LogP contribution is -2.43. The molecular weight excluding hydrogens is 685 g/mol. The van der Waals surface area contributed by atoms with Gasteiger partial charge in [-0.2, -0.15) is 13.9 Å². The first-order chi connectivity index (χ1) is 23.2. The third-order valence-corrected chi connectivity index (χ3v) is 9.04. The van der Waals surface area contributed by atoms with Gasteiger partial charge in [0.2, 0.25) is 0 Å². The second-order valence-electron chi connectivity index (χ2n) is 11.1. The van der Waals surface area contributed by atoms with Crippen LogP contribution in [0.25, 0.3) is 0 Å². The van der Waals surface area contributed by atoms with Crippen molar-refractivity contribution in [3.05, 3.63) is 107 Å². The molecule has 5 rings (SSSR count). The number of amides is 1. The van der Waals surface area contributed by atoms with E-state index in [2.05, 4.69) is 20.1 Å². The summed E-state index contributed by atoms with van der Waals surface area (Å²) in [5, 5.41) is 17.2. The van der Waals surface area contributed by atoms with Crippen LogP contribution in [0.5, 0.6) is 5.75 Å². The Morgan fingerprint density at radius 3 is 2.39 bits per heavy atom. The normalized spacial score (nSPS) is 18.6. The van der Waals surface area contributed by atoms with Gasteiger partial charge < -0.3 is 24.6 Å². The Kier molecular flexibility index (Phi) is 11.2. The lowest BCUT2D eigenvalue weighted by atomic mass is 9.90. The fourth-order valence-corrected chi connectivity index (χ4v) is 6.24. The van der Waals surface area contributed by atoms with Gasteiger partial charge in [-0.15, -0.1) is 11.8 Å². The van der Waals surface area contributed by atoms with Gasteiger partial charge in [0, 0.05) is 33.7 Å². The first kappa shape index (κ1) is 36.1. The Balaban J connectivity index is 1.17. The quantitative estimate of drug-likeness (QED) is 0.155. The van der Waals surface area contributed by atoms with Gasteiger partial charge in [-0.25, -0.2) is 31.6 Å². The molecule has 2 heterocycles. The number of carbonyl (C=O) groups excluding carboxylic acids is 1. The second kappa shape index (κ2) is 15.1. The average Bonchev–Trinajstić information content (AvgIpc) is 3.57. The van der Waals surface area contributed by atoms with Gasteiger partial charge in [0.15, 0.2) is 12.9 Å². The van der Waals surface area contributed by atoms with E-state index in [1.165, 1.54) is 71.6 Å². The van der Waals surface area contributed by atoms with E-state index in [0.717, 1.165) is 12.1 Å². The Hall–Kier alpha value is -4.19. The molecule has 3 aromatic carbocycles. The van der Waals surface area contributed by atoms with Gasteiger partial charge in [-0.3, -0.25) is 4.79 Å². The molecule has 1 saturated heterocycles. The van der Waals surface area contributed by atoms with Crippen LogP contribution in [0.4, 0.5) is 36.4 Å². The lowest BCUT2D eigenvalue weighted by molar-refractivity contribution is -0.181. The highest BCUT2D eigenvalue weighted by atomic mass is 32.2. The summed E-state index contributed by atoms with van der Waals surface area (Å²) in [6.07, 6.45) is -2.38. The Morgan fingerprint density at radius 2 is 1.78 bits per heavy atom. The summed E-state index contributed by atoms with van der Waals surface area (Å²) in [5.41, 5.74) is -1.82. The third kappa shape index (κ3) is 8.70. The van der Waals surface area contributed by atoms with Gasteiger partial charge in [-0.05, 0) is 42.5 Å². The van der Waals surface area contributed by atoms with Crippen LogP contribution < -0.4 is 10.1 Å². The topological polar surface area (TPSA) is 108 Å². The predicted octanol–water partition coefficient (Wildman–Crippen LogP) is 6.35. The summed E-state index contributed by atoms with van der Waals surface area (Å²) in [6.45, 7) is 0.0806. The van der Waals surface area contributed by atoms with E-state index in [4.69, 9.17) is 9.47 Å². The van der Waals surface area contributed by atoms with Gasteiger partial charge in [0.1, 0.15) is 41.5 Å². The monoisotopic (exact) mass is 714 g/mol. The van der Waals surface area contributed by atoms with Crippen LogP contribution in [0, 0.1) is 17.5 Å². The molecule has 9 nitrogen and oxygen atoms in total. The number of anilines is 1. The molecular formula is C32H29F7N4O5S. The van der Waals surface area contributed by atoms with E-state index in [1.54, 1.807) is 6.92 Å². The zero-order valence-corrected chi connectivity index (χ0v) is 26.4. The van der Waals surface area contributed by atoms with Gasteiger partial charge in [-0.1, -0.05) is 19.1 Å². The smallest absolute Gasteiger partial charge is 0.340 e. The molecule has 2 N–H and O–H groups in total. The van der Waals surface area contributed by atoms with E-state index >= 15 is 4.39 Å². The highest BCUT2D eigenvalue weighted by Crippen LogP contribution is 2.40. The summed E-state index contributed by atoms with van der Waals surface area (Å²) >= 11 is 1.23. The van der Waals surface area contributed by atoms with Crippen LogP contribution >= 0.6 is 11.8 Å². The van der Waals surface area contributed by atoms with Gasteiger partial charge in [0.25, 0.3) is 5.91 Å². The molecule has 1 aromatic heterocycles. The van der Waals surface area contributed by atoms with E-state index in [-0.39, 0.29) is 53.1 Å². The van der Waals surface area contributed by atoms with Gasteiger partial charge in [0.05, 0.1) is 25.0 Å². The van der Waals surface area contributed by atoms with Crippen LogP contribution in [-0.4, -0.2) is 68.4 Å². The van der Waals surface area contributed by atoms with Crippen molar-refractivity contribution < 1.29 is 54.8 Å². The van der Waals surface area contributed by atoms with E-state index in [0.29, 0.717) is 6.07 Å². The molecule has 0 radical (unpaired) electrons. The largest absolute Gasteiger partial charge is 0.487 e. The number of ether oxygens (including phenoxy) is 3. The summed E-state index contributed by atoms with van der Waals surface area (Å²) in [7, 11) is 0. The molecule has 1 aliphatic heterocycles. The molecule has 0 saturated carbocycles. The van der Waals surface area contributed by atoms with Crippen molar-refractivity contribution in [1.82, 2.24) is 14.8 Å². The van der Waals surface area contributed by atoms with Crippen molar-refractivity contribution in [1.29, 1.82) is 0 Å². The minimum absolute atomic E-state index is 0.0196. The standard InChI is InChI=1S/C32H29F7N4O5S/c1-18(31(45,14-43-17-40-16-41-43)25-9-3-20(33)11-27(25)35)49-23-12-46-29(47-13-23)24-8-2-19(10-26(24)34)28(44)42-21-4-6-22(7-5-21)48-15-32(38,39)30(36)37/h2-11,16-18,23,29-30,45H,12-15H2,1H3,(H,42,44). The summed E-state index contributed by atoms with van der Waals surface area (Å²) < 4.78 is 112. The maximum atomic E-state index is 15.1. The zero-order valence-electron chi connectivity index (χ0n) is 25.5. The number of hydrogen-bond acceptors (Lipinski definition) is 8. The number of rotatable bonds is 13. The minimum Gasteiger partial charge on any atom is -0.487 e. The Morgan fingerprint density at radius 1 is 1.06 bits per heavy atom. The number of alkyl halides is 4. The SMILES string of the molecule is CC(SC1COC(c2ccc(C(=O)Nc3ccc(OCC(F)(F)C(F)F)cc3)cc2F)OC1)C(O)(Cn1cncn1)c1ccc(F)cc1F. The van der Waals surface area contributed by atoms with E-state index in [1.807, 2.05) is 0 Å². The maximum Gasteiger partial charge on any atom is 0.340 e. The number of carbonyl (C=O) groups is 1. The fourth-order valence-electron chi connectivity index (χ4n) is 4.92. The van der Waals surface area contributed by atoms with Gasteiger partial charge >= 0.3 is 12.3 Å². The summed E-state index contributed by atoms with van der Waals surface area (Å²) in [6, 6.07) is 11.5. The van der Waals surface area contributed by atoms with Crippen molar-refractivity contribution in [3.63, 3.8) is 0 Å². The minimum atomic E-state index is -4.32. The van der Waals surface area contributed by atoms with Crippen LogP contribution in [-0.2, 0) is 21.6 Å². The zero-order chi connectivity index (χ0) is 35.3. The third-order valence-electron chi connectivity index (χ3n) is 7.58. The Labute approximate surface area is 279 Å². The first-order valence-corrected chi connectivity index (χ1v) is 15.6. The van der Waals surface area contributed by atoms with Crippen LogP contribution in [0.2, 0.25) is 0 Å². The first-order valence-electron chi connectivity index (χ1n) is 14.6. The molecule has 2 atom stereocenters. The number of hydrogen-bond donors (Lipinski definition) is 2. The molecule has 0 aliphatic carbocycles. The van der Waals surface area contributed by atoms with Crippen LogP contribution in [0.1, 0.15) is 34.7 Å². The van der Waals surface area contributed by atoms with E-state index in [9.17, 15) is 36.2 Å². The van der Waals surface area contributed by atoms with Crippen LogP contribution in [0.15, 0.2) is 73.3 Å². The van der Waals surface area contributed by atoms with Crippen molar-refractivity contribution in [3.8, 4) is 5.75 Å². The average molecular weight is 715 g/mol. The molecule has 1 aliphatic rings. The predicted molar refractivity (Wildman–Crippen MR) is 163 cm³/mol. The summed E-state index contributed by atoms with van der Waals surface area (Å²) in [5.74, 6) is -7.67. The highest BCUT2D eigenvalue weighted by Gasteiger charge is 2.42. The highest BCUT2D eigenvalue weighted by molar-refractivity contribution is 8.00. The molecule has 0 spiro atoms. The fraction of sp³-hybridized carbons (Fsp3) is 0.344. The Bertz CT molecular complexity index is 1730. The van der Waals surface area contributed by atoms with Crippen molar-refractivity contribution in [2.45, 2.75) is 48.2 Å². The molecule has 0 bridgehead atoms. The number of thioether (sulfide) groups is 1. The number of nitrogens with zero attached hydrogens (tertiary/aromatic N) is 3. The lowest BCUT2D eigenvalue weighted by Gasteiger charge is -2.37. The number of benzene rings is 3. The molecule has 49 heavy (non-hydrogen) atoms. The molecule has 2 unspecified atom stereocenters. The van der Waals surface area contributed by atoms with Crippen LogP contribution in [0.3, 0.4) is 0 Å². The summed E-state index contributed by atoms with van der Waals surface area (Å²) in [4.78, 5) is 16.6. The maximum absolute atomic E-state index is 15.1. The van der Waals surface area contributed by atoms with Crippen molar-refractivity contribution >= 4 is 23.4 Å². The molecule has 4 aromatic rings.